The van der Waals surface area contributed by atoms with E-state index in [9.17, 15) is 9.90 Å². The first kappa shape index (κ1) is 16.0. The minimum Gasteiger partial charge on any atom is -0.481 e. The SMILES string of the molecule is O=C(O)C1CCCN(C(c2cccnc2)c2cccc(Cl)c2)C1. The van der Waals surface area contributed by atoms with Crippen molar-refractivity contribution < 1.29 is 9.90 Å². The molecule has 1 saturated heterocycles. The summed E-state index contributed by atoms with van der Waals surface area (Å²) in [6.07, 6.45) is 5.21. The smallest absolute Gasteiger partial charge is 0.307 e. The van der Waals surface area contributed by atoms with Crippen LogP contribution in [0.1, 0.15) is 30.0 Å². The molecule has 2 heterocycles. The molecule has 1 aliphatic rings. The molecule has 2 aromatic rings. The standard InChI is InChI=1S/C18H19ClN2O2/c19-16-7-1-4-13(10-16)17(14-5-2-8-20-11-14)21-9-3-6-15(12-21)18(22)23/h1-2,4-5,7-8,10-11,15,17H,3,6,9,12H2,(H,22,23). The maximum absolute atomic E-state index is 11.4. The largest absolute Gasteiger partial charge is 0.481 e. The third kappa shape index (κ3) is 3.71. The maximum Gasteiger partial charge on any atom is 0.307 e. The molecule has 0 radical (unpaired) electrons. The van der Waals surface area contributed by atoms with Crippen molar-refractivity contribution >= 4 is 17.6 Å². The number of pyridine rings is 1. The summed E-state index contributed by atoms with van der Waals surface area (Å²) in [6, 6.07) is 11.7. The second kappa shape index (κ2) is 7.11. The van der Waals surface area contributed by atoms with Crippen LogP contribution in [0.5, 0.6) is 0 Å². The van der Waals surface area contributed by atoms with Crippen LogP contribution in [-0.4, -0.2) is 34.0 Å². The van der Waals surface area contributed by atoms with Crippen molar-refractivity contribution in [2.75, 3.05) is 13.1 Å². The van der Waals surface area contributed by atoms with E-state index in [4.69, 9.17) is 11.6 Å². The summed E-state index contributed by atoms with van der Waals surface area (Å²) < 4.78 is 0. The van der Waals surface area contributed by atoms with Gasteiger partial charge in [-0.1, -0.05) is 29.8 Å². The Labute approximate surface area is 140 Å². The highest BCUT2D eigenvalue weighted by Crippen LogP contribution is 2.33. The zero-order chi connectivity index (χ0) is 16.2. The highest BCUT2D eigenvalue weighted by atomic mass is 35.5. The van der Waals surface area contributed by atoms with Crippen LogP contribution in [0.25, 0.3) is 0 Å². The second-order valence-corrected chi connectivity index (χ2v) is 6.35. The van der Waals surface area contributed by atoms with Gasteiger partial charge in [0, 0.05) is 24.0 Å². The number of hydrogen-bond acceptors (Lipinski definition) is 3. The fourth-order valence-corrected chi connectivity index (χ4v) is 3.47. The van der Waals surface area contributed by atoms with Crippen molar-refractivity contribution in [1.82, 2.24) is 9.88 Å². The average Bonchev–Trinajstić information content (AvgIpc) is 2.56. The Morgan fingerprint density at radius 2 is 2.13 bits per heavy atom. The lowest BCUT2D eigenvalue weighted by atomic mass is 9.92. The molecule has 0 amide bonds. The third-order valence-electron chi connectivity index (χ3n) is 4.33. The molecule has 1 N–H and O–H groups in total. The Balaban J connectivity index is 1.97. The number of rotatable bonds is 4. The molecule has 0 aliphatic carbocycles. The number of carboxylic acids is 1. The maximum atomic E-state index is 11.4. The van der Waals surface area contributed by atoms with Crippen LogP contribution < -0.4 is 0 Å². The van der Waals surface area contributed by atoms with E-state index in [1.165, 1.54) is 0 Å². The first-order valence-electron chi connectivity index (χ1n) is 7.77. The molecule has 4 nitrogen and oxygen atoms in total. The van der Waals surface area contributed by atoms with Crippen LogP contribution in [-0.2, 0) is 4.79 Å². The summed E-state index contributed by atoms with van der Waals surface area (Å²) in [5.74, 6) is -1.03. The molecule has 2 atom stereocenters. The topological polar surface area (TPSA) is 53.4 Å². The lowest BCUT2D eigenvalue weighted by Gasteiger charge is -2.37. The first-order valence-corrected chi connectivity index (χ1v) is 8.15. The Bertz CT molecular complexity index is 678. The second-order valence-electron chi connectivity index (χ2n) is 5.92. The summed E-state index contributed by atoms with van der Waals surface area (Å²) in [5.41, 5.74) is 2.12. The highest BCUT2D eigenvalue weighted by molar-refractivity contribution is 6.30. The summed E-state index contributed by atoms with van der Waals surface area (Å²) in [5, 5.41) is 10.0. The fraction of sp³-hybridized carbons (Fsp3) is 0.333. The molecule has 3 rings (SSSR count). The van der Waals surface area contributed by atoms with Crippen molar-refractivity contribution in [3.8, 4) is 0 Å². The first-order chi connectivity index (χ1) is 11.1. The number of likely N-dealkylation sites (tertiary alicyclic amines) is 1. The van der Waals surface area contributed by atoms with Gasteiger partial charge in [0.25, 0.3) is 0 Å². The number of halogens is 1. The van der Waals surface area contributed by atoms with Crippen molar-refractivity contribution in [1.29, 1.82) is 0 Å². The number of aromatic nitrogens is 1. The van der Waals surface area contributed by atoms with Gasteiger partial charge in [0.05, 0.1) is 12.0 Å². The van der Waals surface area contributed by atoms with Crippen LogP contribution in [0, 0.1) is 5.92 Å². The number of benzene rings is 1. The molecule has 1 aromatic carbocycles. The number of carboxylic acid groups (broad SMARTS) is 1. The molecule has 1 fully saturated rings. The molecule has 2 unspecified atom stereocenters. The van der Waals surface area contributed by atoms with Gasteiger partial charge < -0.3 is 5.11 Å². The molecule has 0 saturated carbocycles. The lowest BCUT2D eigenvalue weighted by molar-refractivity contribution is -0.143. The van der Waals surface area contributed by atoms with Gasteiger partial charge in [0.2, 0.25) is 0 Å². The van der Waals surface area contributed by atoms with Gasteiger partial charge in [-0.3, -0.25) is 14.7 Å². The number of nitrogens with zero attached hydrogens (tertiary/aromatic N) is 2. The molecule has 23 heavy (non-hydrogen) atoms. The minimum atomic E-state index is -0.717. The molecule has 1 aliphatic heterocycles. The van der Waals surface area contributed by atoms with Gasteiger partial charge in [-0.25, -0.2) is 0 Å². The van der Waals surface area contributed by atoms with E-state index < -0.39 is 5.97 Å². The molecule has 5 heteroatoms. The van der Waals surface area contributed by atoms with Gasteiger partial charge in [-0.15, -0.1) is 0 Å². The van der Waals surface area contributed by atoms with Crippen molar-refractivity contribution in [3.63, 3.8) is 0 Å². The van der Waals surface area contributed by atoms with Gasteiger partial charge in [-0.2, -0.15) is 0 Å². The Morgan fingerprint density at radius 1 is 1.30 bits per heavy atom. The van der Waals surface area contributed by atoms with E-state index in [0.29, 0.717) is 11.6 Å². The number of piperidine rings is 1. The number of hydrogen-bond donors (Lipinski definition) is 1. The summed E-state index contributed by atoms with van der Waals surface area (Å²) in [7, 11) is 0. The van der Waals surface area contributed by atoms with E-state index in [1.807, 2.05) is 42.6 Å². The molecule has 0 spiro atoms. The van der Waals surface area contributed by atoms with Crippen LogP contribution in [0.4, 0.5) is 0 Å². The molecule has 0 bridgehead atoms. The van der Waals surface area contributed by atoms with Crippen LogP contribution >= 0.6 is 11.6 Å². The Hall–Kier alpha value is -1.91. The van der Waals surface area contributed by atoms with Crippen LogP contribution in [0.3, 0.4) is 0 Å². The molecular formula is C18H19ClN2O2. The van der Waals surface area contributed by atoms with E-state index in [2.05, 4.69) is 9.88 Å². The molecule has 120 valence electrons. The fourth-order valence-electron chi connectivity index (χ4n) is 3.27. The Morgan fingerprint density at radius 3 is 2.83 bits per heavy atom. The lowest BCUT2D eigenvalue weighted by Crippen LogP contribution is -2.41. The van der Waals surface area contributed by atoms with Gasteiger partial charge in [0.15, 0.2) is 0 Å². The quantitative estimate of drug-likeness (QED) is 0.930. The van der Waals surface area contributed by atoms with E-state index in [1.54, 1.807) is 6.20 Å². The normalized spacial score (nSPS) is 20.1. The Kier molecular flexibility index (Phi) is 4.94. The van der Waals surface area contributed by atoms with Crippen LogP contribution in [0.15, 0.2) is 48.8 Å². The van der Waals surface area contributed by atoms with Crippen molar-refractivity contribution in [2.45, 2.75) is 18.9 Å². The average molecular weight is 331 g/mol. The highest BCUT2D eigenvalue weighted by Gasteiger charge is 2.31. The van der Waals surface area contributed by atoms with Gasteiger partial charge in [-0.05, 0) is 48.7 Å². The van der Waals surface area contributed by atoms with E-state index in [0.717, 1.165) is 30.5 Å². The van der Waals surface area contributed by atoms with E-state index in [-0.39, 0.29) is 12.0 Å². The minimum absolute atomic E-state index is 0.0236. The predicted molar refractivity (Wildman–Crippen MR) is 89.5 cm³/mol. The summed E-state index contributed by atoms with van der Waals surface area (Å²) in [6.45, 7) is 1.41. The van der Waals surface area contributed by atoms with Gasteiger partial charge in [0.1, 0.15) is 0 Å². The third-order valence-corrected chi connectivity index (χ3v) is 4.57. The zero-order valence-corrected chi connectivity index (χ0v) is 13.5. The predicted octanol–water partition coefficient (Wildman–Crippen LogP) is 3.62. The summed E-state index contributed by atoms with van der Waals surface area (Å²) in [4.78, 5) is 17.8. The van der Waals surface area contributed by atoms with Crippen molar-refractivity contribution in [2.24, 2.45) is 5.92 Å². The zero-order valence-electron chi connectivity index (χ0n) is 12.7. The molecular weight excluding hydrogens is 312 g/mol. The van der Waals surface area contributed by atoms with Crippen molar-refractivity contribution in [3.05, 3.63) is 64.9 Å². The molecule has 1 aromatic heterocycles. The summed E-state index contributed by atoms with van der Waals surface area (Å²) >= 11 is 6.17. The van der Waals surface area contributed by atoms with Crippen LogP contribution in [0.2, 0.25) is 5.02 Å². The van der Waals surface area contributed by atoms with Gasteiger partial charge >= 0.3 is 5.97 Å². The number of aliphatic carboxylic acids is 1. The number of carbonyl (C=O) groups is 1. The van der Waals surface area contributed by atoms with E-state index >= 15 is 0 Å². The monoisotopic (exact) mass is 330 g/mol.